The van der Waals surface area contributed by atoms with Crippen LogP contribution in [0.15, 0.2) is 22.1 Å². The molecule has 118 valence electrons. The summed E-state index contributed by atoms with van der Waals surface area (Å²) in [7, 11) is 0. The van der Waals surface area contributed by atoms with Gasteiger partial charge in [-0.05, 0) is 39.2 Å². The van der Waals surface area contributed by atoms with Gasteiger partial charge in [-0.2, -0.15) is 0 Å². The molecule has 22 heavy (non-hydrogen) atoms. The predicted octanol–water partition coefficient (Wildman–Crippen LogP) is 3.09. The number of carbonyl (C=O) groups excluding carboxylic acids is 1. The second kappa shape index (κ2) is 6.22. The van der Waals surface area contributed by atoms with E-state index < -0.39 is 6.10 Å². The number of hydrogen-bond donors (Lipinski definition) is 1. The molecule has 1 amide bonds. The van der Waals surface area contributed by atoms with Crippen molar-refractivity contribution in [1.82, 2.24) is 9.88 Å². The van der Waals surface area contributed by atoms with Crippen LogP contribution in [0.25, 0.3) is 11.5 Å². The van der Waals surface area contributed by atoms with Gasteiger partial charge in [-0.25, -0.2) is 4.98 Å². The first-order valence-corrected chi connectivity index (χ1v) is 8.42. The number of thiazole rings is 1. The Morgan fingerprint density at radius 1 is 1.64 bits per heavy atom. The molecule has 0 aliphatic carbocycles. The molecule has 2 aromatic heterocycles. The minimum Gasteiger partial charge on any atom is -0.462 e. The van der Waals surface area contributed by atoms with Gasteiger partial charge in [-0.15, -0.1) is 11.3 Å². The molecule has 2 aromatic rings. The highest BCUT2D eigenvalue weighted by atomic mass is 32.1. The molecule has 1 aliphatic rings. The zero-order valence-corrected chi connectivity index (χ0v) is 13.6. The minimum absolute atomic E-state index is 0.0231. The molecule has 0 saturated carbocycles. The maximum absolute atomic E-state index is 12.7. The zero-order valence-electron chi connectivity index (χ0n) is 12.8. The van der Waals surface area contributed by atoms with E-state index in [9.17, 15) is 9.90 Å². The molecular weight excluding hydrogens is 300 g/mol. The van der Waals surface area contributed by atoms with Gasteiger partial charge in [0.15, 0.2) is 5.76 Å². The van der Waals surface area contributed by atoms with Crippen molar-refractivity contribution >= 4 is 17.2 Å². The molecule has 0 spiro atoms. The predicted molar refractivity (Wildman–Crippen MR) is 84.9 cm³/mol. The highest BCUT2D eigenvalue weighted by molar-refractivity contribution is 7.09. The van der Waals surface area contributed by atoms with E-state index in [1.807, 2.05) is 17.2 Å². The van der Waals surface area contributed by atoms with Gasteiger partial charge < -0.3 is 14.4 Å². The first kappa shape index (κ1) is 15.2. The maximum Gasteiger partial charge on any atom is 0.257 e. The number of furan rings is 1. The number of aryl methyl sites for hydroxylation is 1. The van der Waals surface area contributed by atoms with Gasteiger partial charge in [-0.1, -0.05) is 0 Å². The summed E-state index contributed by atoms with van der Waals surface area (Å²) in [6, 6.07) is 1.88. The third-order valence-corrected chi connectivity index (χ3v) is 4.74. The molecule has 1 aliphatic heterocycles. The Labute approximate surface area is 133 Å². The first-order chi connectivity index (χ1) is 10.5. The third kappa shape index (κ3) is 3.08. The summed E-state index contributed by atoms with van der Waals surface area (Å²) >= 11 is 1.56. The lowest BCUT2D eigenvalue weighted by molar-refractivity contribution is 0.0681. The van der Waals surface area contributed by atoms with E-state index in [2.05, 4.69) is 4.98 Å². The van der Waals surface area contributed by atoms with Gasteiger partial charge >= 0.3 is 0 Å². The van der Waals surface area contributed by atoms with E-state index in [0.717, 1.165) is 30.1 Å². The number of nitrogens with zero attached hydrogens (tertiary/aromatic N) is 2. The summed E-state index contributed by atoms with van der Waals surface area (Å²) in [6.45, 7) is 4.45. The fourth-order valence-electron chi connectivity index (χ4n) is 2.97. The zero-order chi connectivity index (χ0) is 15.7. The highest BCUT2D eigenvalue weighted by Gasteiger charge is 2.31. The molecule has 0 radical (unpaired) electrons. The van der Waals surface area contributed by atoms with Crippen molar-refractivity contribution in [2.24, 2.45) is 0 Å². The fraction of sp³-hybridized carbons (Fsp3) is 0.500. The normalized spacial score (nSPS) is 19.6. The van der Waals surface area contributed by atoms with Crippen molar-refractivity contribution in [2.75, 3.05) is 6.54 Å². The molecule has 2 unspecified atom stereocenters. The summed E-state index contributed by atoms with van der Waals surface area (Å²) in [5.74, 6) is 0.601. The molecule has 0 bridgehead atoms. The van der Waals surface area contributed by atoms with Crippen molar-refractivity contribution in [3.05, 3.63) is 28.3 Å². The van der Waals surface area contributed by atoms with E-state index in [1.165, 1.54) is 6.26 Å². The van der Waals surface area contributed by atoms with Crippen LogP contribution >= 0.6 is 11.3 Å². The fourth-order valence-corrected chi connectivity index (χ4v) is 3.57. The third-order valence-electron chi connectivity index (χ3n) is 3.97. The monoisotopic (exact) mass is 320 g/mol. The number of aromatic nitrogens is 1. The van der Waals surface area contributed by atoms with Crippen molar-refractivity contribution < 1.29 is 14.3 Å². The summed E-state index contributed by atoms with van der Waals surface area (Å²) in [5.41, 5.74) is 1.32. The van der Waals surface area contributed by atoms with E-state index in [0.29, 0.717) is 17.7 Å². The highest BCUT2D eigenvalue weighted by Crippen LogP contribution is 2.27. The van der Waals surface area contributed by atoms with E-state index >= 15 is 0 Å². The van der Waals surface area contributed by atoms with Gasteiger partial charge in [0.1, 0.15) is 12.0 Å². The van der Waals surface area contributed by atoms with Crippen LogP contribution in [0, 0.1) is 6.92 Å². The SMILES string of the molecule is Cc1nc(-c2cc(C(=O)N3CCCC3CC(C)O)co2)cs1. The molecule has 1 fully saturated rings. The topological polar surface area (TPSA) is 66.6 Å². The largest absolute Gasteiger partial charge is 0.462 e. The molecule has 0 aromatic carbocycles. The molecule has 1 saturated heterocycles. The number of carbonyl (C=O) groups is 1. The summed E-state index contributed by atoms with van der Waals surface area (Å²) in [4.78, 5) is 18.9. The Morgan fingerprint density at radius 2 is 2.45 bits per heavy atom. The molecular formula is C16H20N2O3S. The summed E-state index contributed by atoms with van der Waals surface area (Å²) in [6.07, 6.45) is 3.67. The van der Waals surface area contributed by atoms with Gasteiger partial charge in [-0.3, -0.25) is 4.79 Å². The molecule has 5 nitrogen and oxygen atoms in total. The number of amides is 1. The van der Waals surface area contributed by atoms with Gasteiger partial charge in [0.2, 0.25) is 0 Å². The number of rotatable bonds is 4. The van der Waals surface area contributed by atoms with E-state index in [4.69, 9.17) is 4.42 Å². The molecule has 3 rings (SSSR count). The smallest absolute Gasteiger partial charge is 0.257 e. The Morgan fingerprint density at radius 3 is 3.14 bits per heavy atom. The Bertz CT molecular complexity index is 662. The lowest BCUT2D eigenvalue weighted by Gasteiger charge is -2.25. The first-order valence-electron chi connectivity index (χ1n) is 7.54. The lowest BCUT2D eigenvalue weighted by atomic mass is 10.1. The van der Waals surface area contributed by atoms with E-state index in [1.54, 1.807) is 24.3 Å². The van der Waals surface area contributed by atoms with Crippen LogP contribution in [0.3, 0.4) is 0 Å². The molecule has 6 heteroatoms. The van der Waals surface area contributed by atoms with Crippen LogP contribution in [0.1, 0.15) is 41.6 Å². The van der Waals surface area contributed by atoms with Crippen LogP contribution in [0.2, 0.25) is 0 Å². The van der Waals surface area contributed by atoms with Crippen LogP contribution in [0.4, 0.5) is 0 Å². The summed E-state index contributed by atoms with van der Waals surface area (Å²) in [5, 5.41) is 12.5. The van der Waals surface area contributed by atoms with Gasteiger partial charge in [0.25, 0.3) is 5.91 Å². The van der Waals surface area contributed by atoms with Crippen LogP contribution in [0.5, 0.6) is 0 Å². The molecule has 1 N–H and O–H groups in total. The van der Waals surface area contributed by atoms with Crippen molar-refractivity contribution in [3.8, 4) is 11.5 Å². The van der Waals surface area contributed by atoms with Crippen molar-refractivity contribution in [2.45, 2.75) is 45.3 Å². The quantitative estimate of drug-likeness (QED) is 0.940. The van der Waals surface area contributed by atoms with Gasteiger partial charge in [0.05, 0.1) is 16.7 Å². The Kier molecular flexibility index (Phi) is 4.31. The second-order valence-electron chi connectivity index (χ2n) is 5.83. The number of hydrogen-bond acceptors (Lipinski definition) is 5. The van der Waals surface area contributed by atoms with Crippen molar-refractivity contribution in [1.29, 1.82) is 0 Å². The summed E-state index contributed by atoms with van der Waals surface area (Å²) < 4.78 is 5.51. The molecule has 3 heterocycles. The Hall–Kier alpha value is -1.66. The minimum atomic E-state index is -0.392. The van der Waals surface area contributed by atoms with Crippen LogP contribution < -0.4 is 0 Å². The lowest BCUT2D eigenvalue weighted by Crippen LogP contribution is -2.37. The Balaban J connectivity index is 1.76. The second-order valence-corrected chi connectivity index (χ2v) is 6.89. The standard InChI is InChI=1S/C16H20N2O3S/c1-10(19)6-13-4-3-5-18(13)16(20)12-7-15(21-8-12)14-9-22-11(2)17-14/h7-10,13,19H,3-6H2,1-2H3. The molecule has 2 atom stereocenters. The van der Waals surface area contributed by atoms with Crippen LogP contribution in [-0.4, -0.2) is 39.6 Å². The maximum atomic E-state index is 12.7. The average molecular weight is 320 g/mol. The number of aliphatic hydroxyl groups is 1. The number of likely N-dealkylation sites (tertiary alicyclic amines) is 1. The van der Waals surface area contributed by atoms with Crippen molar-refractivity contribution in [3.63, 3.8) is 0 Å². The van der Waals surface area contributed by atoms with Gasteiger partial charge in [0, 0.05) is 18.0 Å². The number of aliphatic hydroxyl groups excluding tert-OH is 1. The van der Waals surface area contributed by atoms with Crippen LogP contribution in [-0.2, 0) is 0 Å². The average Bonchev–Trinajstić information content (AvgIpc) is 3.16. The van der Waals surface area contributed by atoms with E-state index in [-0.39, 0.29) is 11.9 Å².